The van der Waals surface area contributed by atoms with Crippen LogP contribution in [0.1, 0.15) is 25.0 Å². The summed E-state index contributed by atoms with van der Waals surface area (Å²) in [5.41, 5.74) is 9.25. The number of hydrogen-bond donors (Lipinski definition) is 2. The summed E-state index contributed by atoms with van der Waals surface area (Å²) in [5.74, 6) is 1.51. The van der Waals surface area contributed by atoms with Crippen molar-refractivity contribution in [1.82, 2.24) is 14.8 Å². The molecule has 0 aliphatic rings. The van der Waals surface area contributed by atoms with E-state index >= 15 is 0 Å². The van der Waals surface area contributed by atoms with Gasteiger partial charge in [-0.1, -0.05) is 31.5 Å². The van der Waals surface area contributed by atoms with Gasteiger partial charge in [-0.3, -0.25) is 0 Å². The van der Waals surface area contributed by atoms with Gasteiger partial charge in [0.15, 0.2) is 0 Å². The standard InChI is InChI=1S/C14H21N5/c1-9(2)8-16-14-17-13(15)19(18-14)12-6-5-10(3)7-11(12)4/h5-7,9H,8H2,1-4H3,(H3,15,16,17,18). The number of anilines is 2. The Bertz CT molecular complexity index is 571. The molecule has 0 atom stereocenters. The van der Waals surface area contributed by atoms with E-state index < -0.39 is 0 Å². The Kier molecular flexibility index (Phi) is 3.74. The van der Waals surface area contributed by atoms with Gasteiger partial charge < -0.3 is 11.1 Å². The highest BCUT2D eigenvalue weighted by Gasteiger charge is 2.10. The van der Waals surface area contributed by atoms with E-state index in [2.05, 4.69) is 42.2 Å². The van der Waals surface area contributed by atoms with Gasteiger partial charge in [0.25, 0.3) is 0 Å². The first-order valence-electron chi connectivity index (χ1n) is 6.51. The SMILES string of the molecule is Cc1ccc(-n2nc(NCC(C)C)nc2N)c(C)c1. The largest absolute Gasteiger partial charge is 0.368 e. The van der Waals surface area contributed by atoms with Crippen LogP contribution in [0.2, 0.25) is 0 Å². The van der Waals surface area contributed by atoms with E-state index in [1.54, 1.807) is 4.68 Å². The van der Waals surface area contributed by atoms with Crippen LogP contribution in [0.4, 0.5) is 11.9 Å². The fourth-order valence-electron chi connectivity index (χ4n) is 1.91. The molecule has 0 aliphatic carbocycles. The molecule has 0 saturated heterocycles. The molecule has 0 unspecified atom stereocenters. The van der Waals surface area contributed by atoms with Gasteiger partial charge in [0.1, 0.15) is 0 Å². The number of rotatable bonds is 4. The first kappa shape index (κ1) is 13.4. The zero-order valence-electron chi connectivity index (χ0n) is 11.9. The summed E-state index contributed by atoms with van der Waals surface area (Å²) in [6.45, 7) is 9.22. The second-order valence-electron chi connectivity index (χ2n) is 5.27. The lowest BCUT2D eigenvalue weighted by molar-refractivity contribution is 0.684. The Labute approximate surface area is 113 Å². The molecular weight excluding hydrogens is 238 g/mol. The van der Waals surface area contributed by atoms with E-state index in [-0.39, 0.29) is 0 Å². The van der Waals surface area contributed by atoms with Crippen molar-refractivity contribution in [1.29, 1.82) is 0 Å². The molecule has 19 heavy (non-hydrogen) atoms. The molecular formula is C14H21N5. The minimum Gasteiger partial charge on any atom is -0.368 e. The molecule has 102 valence electrons. The van der Waals surface area contributed by atoms with Crippen molar-refractivity contribution in [2.24, 2.45) is 5.92 Å². The van der Waals surface area contributed by atoms with E-state index in [4.69, 9.17) is 5.73 Å². The van der Waals surface area contributed by atoms with E-state index in [9.17, 15) is 0 Å². The zero-order valence-corrected chi connectivity index (χ0v) is 11.9. The first-order chi connectivity index (χ1) is 8.97. The first-order valence-corrected chi connectivity index (χ1v) is 6.51. The molecule has 5 heteroatoms. The van der Waals surface area contributed by atoms with Crippen LogP contribution < -0.4 is 11.1 Å². The smallest absolute Gasteiger partial charge is 0.244 e. The van der Waals surface area contributed by atoms with Gasteiger partial charge in [-0.2, -0.15) is 9.67 Å². The second kappa shape index (κ2) is 5.30. The Morgan fingerprint density at radius 1 is 1.32 bits per heavy atom. The average Bonchev–Trinajstić information content (AvgIpc) is 2.68. The van der Waals surface area contributed by atoms with Crippen molar-refractivity contribution in [3.63, 3.8) is 0 Å². The van der Waals surface area contributed by atoms with Crippen molar-refractivity contribution in [3.8, 4) is 5.69 Å². The van der Waals surface area contributed by atoms with Gasteiger partial charge >= 0.3 is 0 Å². The maximum absolute atomic E-state index is 5.94. The fourth-order valence-corrected chi connectivity index (χ4v) is 1.91. The van der Waals surface area contributed by atoms with Crippen molar-refractivity contribution in [2.75, 3.05) is 17.6 Å². The van der Waals surface area contributed by atoms with Crippen molar-refractivity contribution in [3.05, 3.63) is 29.3 Å². The molecule has 3 N–H and O–H groups in total. The second-order valence-corrected chi connectivity index (χ2v) is 5.27. The number of benzene rings is 1. The zero-order chi connectivity index (χ0) is 14.0. The molecule has 1 aromatic heterocycles. The number of aromatic nitrogens is 3. The average molecular weight is 259 g/mol. The van der Waals surface area contributed by atoms with Crippen LogP contribution in [0.5, 0.6) is 0 Å². The minimum absolute atomic E-state index is 0.401. The van der Waals surface area contributed by atoms with E-state index in [1.165, 1.54) is 5.56 Å². The van der Waals surface area contributed by atoms with Gasteiger partial charge in [-0.25, -0.2) is 0 Å². The summed E-state index contributed by atoms with van der Waals surface area (Å²) in [6.07, 6.45) is 0. The van der Waals surface area contributed by atoms with E-state index in [1.807, 2.05) is 19.1 Å². The molecule has 1 aromatic carbocycles. The maximum atomic E-state index is 5.94. The lowest BCUT2D eigenvalue weighted by Gasteiger charge is -2.07. The lowest BCUT2D eigenvalue weighted by Crippen LogP contribution is -2.09. The third-order valence-electron chi connectivity index (χ3n) is 2.88. The molecule has 2 rings (SSSR count). The van der Waals surface area contributed by atoms with Crippen LogP contribution in [-0.2, 0) is 0 Å². The predicted molar refractivity (Wildman–Crippen MR) is 78.6 cm³/mol. The van der Waals surface area contributed by atoms with Crippen LogP contribution in [0.15, 0.2) is 18.2 Å². The van der Waals surface area contributed by atoms with Crippen LogP contribution >= 0.6 is 0 Å². The summed E-state index contributed by atoms with van der Waals surface area (Å²) in [5, 5.41) is 7.59. The minimum atomic E-state index is 0.401. The predicted octanol–water partition coefficient (Wildman–Crippen LogP) is 2.53. The Morgan fingerprint density at radius 3 is 2.68 bits per heavy atom. The Hall–Kier alpha value is -2.04. The van der Waals surface area contributed by atoms with Gasteiger partial charge in [0.2, 0.25) is 11.9 Å². The van der Waals surface area contributed by atoms with Crippen molar-refractivity contribution >= 4 is 11.9 Å². The number of nitrogens with two attached hydrogens (primary N) is 1. The number of nitrogens with zero attached hydrogens (tertiary/aromatic N) is 3. The summed E-state index contributed by atoms with van der Waals surface area (Å²) in [6, 6.07) is 6.17. The molecule has 0 radical (unpaired) electrons. The molecule has 0 amide bonds. The quantitative estimate of drug-likeness (QED) is 0.885. The van der Waals surface area contributed by atoms with Crippen LogP contribution in [0.25, 0.3) is 5.69 Å². The number of nitrogen functional groups attached to an aromatic ring is 1. The monoisotopic (exact) mass is 259 g/mol. The maximum Gasteiger partial charge on any atom is 0.244 e. The third-order valence-corrected chi connectivity index (χ3v) is 2.88. The van der Waals surface area contributed by atoms with Crippen LogP contribution in [-0.4, -0.2) is 21.3 Å². The fraction of sp³-hybridized carbons (Fsp3) is 0.429. The highest BCUT2D eigenvalue weighted by Crippen LogP contribution is 2.18. The van der Waals surface area contributed by atoms with Crippen molar-refractivity contribution in [2.45, 2.75) is 27.7 Å². The Morgan fingerprint density at radius 2 is 2.05 bits per heavy atom. The topological polar surface area (TPSA) is 68.8 Å². The van der Waals surface area contributed by atoms with Gasteiger partial charge in [-0.15, -0.1) is 5.10 Å². The van der Waals surface area contributed by atoms with Crippen LogP contribution in [0.3, 0.4) is 0 Å². The van der Waals surface area contributed by atoms with Gasteiger partial charge in [0, 0.05) is 6.54 Å². The van der Waals surface area contributed by atoms with E-state index in [0.29, 0.717) is 17.8 Å². The molecule has 0 aliphatic heterocycles. The molecule has 5 nitrogen and oxygen atoms in total. The number of hydrogen-bond acceptors (Lipinski definition) is 4. The van der Waals surface area contributed by atoms with Gasteiger partial charge in [-0.05, 0) is 31.4 Å². The number of aryl methyl sites for hydroxylation is 2. The summed E-state index contributed by atoms with van der Waals surface area (Å²) in [7, 11) is 0. The molecule has 0 bridgehead atoms. The van der Waals surface area contributed by atoms with E-state index in [0.717, 1.165) is 17.8 Å². The summed E-state index contributed by atoms with van der Waals surface area (Å²) >= 11 is 0. The molecule has 1 heterocycles. The van der Waals surface area contributed by atoms with Crippen molar-refractivity contribution < 1.29 is 0 Å². The summed E-state index contributed by atoms with van der Waals surface area (Å²) in [4.78, 5) is 4.24. The molecule has 0 saturated carbocycles. The molecule has 0 spiro atoms. The molecule has 0 fully saturated rings. The highest BCUT2D eigenvalue weighted by atomic mass is 15.4. The Balaban J connectivity index is 2.29. The lowest BCUT2D eigenvalue weighted by atomic mass is 10.1. The normalized spacial score (nSPS) is 11.0. The summed E-state index contributed by atoms with van der Waals surface area (Å²) < 4.78 is 1.68. The van der Waals surface area contributed by atoms with Crippen LogP contribution in [0, 0.1) is 19.8 Å². The van der Waals surface area contributed by atoms with Gasteiger partial charge in [0.05, 0.1) is 5.69 Å². The third kappa shape index (κ3) is 3.05. The highest BCUT2D eigenvalue weighted by molar-refractivity contribution is 5.47. The number of nitrogens with one attached hydrogen (secondary N) is 1. The molecule has 2 aromatic rings.